The van der Waals surface area contributed by atoms with E-state index in [4.69, 9.17) is 0 Å². The van der Waals surface area contributed by atoms with Gasteiger partial charge in [-0.2, -0.15) is 0 Å². The predicted molar refractivity (Wildman–Crippen MR) is 105 cm³/mol. The minimum atomic E-state index is 1.02. The molecule has 0 bridgehead atoms. The fourth-order valence-corrected chi connectivity index (χ4v) is 3.04. The maximum Gasteiger partial charge on any atom is 0.0874 e. The molecule has 3 nitrogen and oxygen atoms in total. The van der Waals surface area contributed by atoms with E-state index in [9.17, 15) is 0 Å². The van der Waals surface area contributed by atoms with Crippen molar-refractivity contribution in [2.75, 3.05) is 6.54 Å². The van der Waals surface area contributed by atoms with Crippen molar-refractivity contribution in [1.82, 2.24) is 10.3 Å². The second-order valence-electron chi connectivity index (χ2n) is 6.77. The first-order chi connectivity index (χ1) is 11.8. The number of aromatic amines is 1. The van der Waals surface area contributed by atoms with Crippen molar-refractivity contribution in [2.45, 2.75) is 71.6 Å². The summed E-state index contributed by atoms with van der Waals surface area (Å²) in [6.07, 6.45) is 20.5. The lowest BCUT2D eigenvalue weighted by atomic mass is 10.1. The van der Waals surface area contributed by atoms with Gasteiger partial charge in [-0.1, -0.05) is 58.3 Å². The molecule has 24 heavy (non-hydrogen) atoms. The molecule has 0 amide bonds. The summed E-state index contributed by atoms with van der Waals surface area (Å²) in [5.74, 6) is 0. The third kappa shape index (κ3) is 6.38. The zero-order valence-corrected chi connectivity index (χ0v) is 15.4. The lowest BCUT2D eigenvalue weighted by Gasteiger charge is -2.02. The fourth-order valence-electron chi connectivity index (χ4n) is 3.04. The number of aromatic nitrogens is 1. The normalized spacial score (nSPS) is 16.8. The molecule has 3 heteroatoms. The van der Waals surface area contributed by atoms with Gasteiger partial charge in [-0.05, 0) is 31.1 Å². The molecule has 0 unspecified atom stereocenters. The quantitative estimate of drug-likeness (QED) is 0.592. The maximum absolute atomic E-state index is 4.44. The van der Waals surface area contributed by atoms with Gasteiger partial charge in [-0.25, -0.2) is 0 Å². The van der Waals surface area contributed by atoms with Crippen LogP contribution >= 0.6 is 0 Å². The van der Waals surface area contributed by atoms with E-state index >= 15 is 0 Å². The number of H-pyrrole nitrogens is 1. The van der Waals surface area contributed by atoms with Crippen LogP contribution in [0.2, 0.25) is 0 Å². The smallest absolute Gasteiger partial charge is 0.0874 e. The van der Waals surface area contributed by atoms with Crippen LogP contribution in [0.15, 0.2) is 28.9 Å². The van der Waals surface area contributed by atoms with E-state index in [2.05, 4.69) is 47.5 Å². The van der Waals surface area contributed by atoms with Gasteiger partial charge in [0.1, 0.15) is 0 Å². The highest BCUT2D eigenvalue weighted by atomic mass is 14.8. The van der Waals surface area contributed by atoms with Crippen LogP contribution in [-0.2, 0) is 0 Å². The van der Waals surface area contributed by atoms with Gasteiger partial charge >= 0.3 is 0 Å². The third-order valence-electron chi connectivity index (χ3n) is 4.49. The molecule has 2 rings (SSSR count). The van der Waals surface area contributed by atoms with Crippen LogP contribution < -0.4 is 15.9 Å². The van der Waals surface area contributed by atoms with Crippen LogP contribution in [0.4, 0.5) is 0 Å². The first-order valence-electron chi connectivity index (χ1n) is 9.65. The minimum Gasteiger partial charge on any atom is -0.390 e. The van der Waals surface area contributed by atoms with E-state index in [1.54, 1.807) is 0 Å². The van der Waals surface area contributed by atoms with E-state index in [1.807, 2.05) is 12.4 Å². The molecule has 0 atom stereocenters. The van der Waals surface area contributed by atoms with E-state index in [1.165, 1.54) is 68.6 Å². The summed E-state index contributed by atoms with van der Waals surface area (Å²) in [6.45, 7) is 5.40. The molecule has 0 fully saturated rings. The Morgan fingerprint density at radius 2 is 1.75 bits per heavy atom. The minimum absolute atomic E-state index is 1.02. The number of nitrogens with zero attached hydrogens (tertiary/aromatic N) is 1. The van der Waals surface area contributed by atoms with Crippen LogP contribution in [0, 0.1) is 0 Å². The molecule has 0 aliphatic carbocycles. The predicted octanol–water partition coefficient (Wildman–Crippen LogP) is 4.01. The average molecular weight is 328 g/mol. The fraction of sp³-hybridized carbons (Fsp3) is 0.571. The van der Waals surface area contributed by atoms with Gasteiger partial charge in [0.15, 0.2) is 0 Å². The summed E-state index contributed by atoms with van der Waals surface area (Å²) in [4.78, 5) is 7.74. The van der Waals surface area contributed by atoms with Gasteiger partial charge in [0.25, 0.3) is 0 Å². The summed E-state index contributed by atoms with van der Waals surface area (Å²) in [6, 6.07) is 2.10. The van der Waals surface area contributed by atoms with Crippen molar-refractivity contribution in [1.29, 1.82) is 0 Å². The first-order valence-corrected chi connectivity index (χ1v) is 9.65. The lowest BCUT2D eigenvalue weighted by Crippen LogP contribution is -2.27. The molecule has 132 valence electrons. The van der Waals surface area contributed by atoms with Crippen LogP contribution in [0.5, 0.6) is 0 Å². The largest absolute Gasteiger partial charge is 0.390 e. The van der Waals surface area contributed by atoms with Crippen molar-refractivity contribution >= 4 is 18.1 Å². The number of hydrogen-bond acceptors (Lipinski definition) is 2. The van der Waals surface area contributed by atoms with Crippen LogP contribution in [0.25, 0.3) is 11.9 Å². The van der Waals surface area contributed by atoms with Gasteiger partial charge < -0.3 is 10.3 Å². The number of nitrogens with one attached hydrogen (secondary N) is 2. The summed E-state index contributed by atoms with van der Waals surface area (Å²) in [5, 5.41) is 5.73. The summed E-state index contributed by atoms with van der Waals surface area (Å²) >= 11 is 0. The first kappa shape index (κ1) is 18.6. The van der Waals surface area contributed by atoms with Crippen LogP contribution in [0.3, 0.4) is 0 Å². The van der Waals surface area contributed by atoms with Gasteiger partial charge in [-0.3, -0.25) is 4.99 Å². The Morgan fingerprint density at radius 1 is 1.04 bits per heavy atom. The van der Waals surface area contributed by atoms with Crippen LogP contribution in [-0.4, -0.2) is 17.7 Å². The third-order valence-corrected chi connectivity index (χ3v) is 4.49. The standard InChI is InChI=1S/C21H33N3/c1-3-4-5-6-7-8-9-10-11-13-22-17-19-12-14-23-21(19)20-15-18(2)16-24-20/h12,14-17,22-23H,3-11,13H2,1-2H3. The molecule has 0 spiro atoms. The van der Waals surface area contributed by atoms with Crippen molar-refractivity contribution in [2.24, 2.45) is 4.99 Å². The van der Waals surface area contributed by atoms with Gasteiger partial charge in [0.2, 0.25) is 0 Å². The summed E-state index contributed by atoms with van der Waals surface area (Å²) in [5.41, 5.74) is 2.22. The lowest BCUT2D eigenvalue weighted by molar-refractivity contribution is 0.562. The van der Waals surface area contributed by atoms with Crippen LogP contribution in [0.1, 0.15) is 71.6 Å². The highest BCUT2D eigenvalue weighted by molar-refractivity contribution is 5.90. The average Bonchev–Trinajstić information content (AvgIpc) is 3.21. The molecular formula is C21H33N3. The Kier molecular flexibility index (Phi) is 8.43. The van der Waals surface area contributed by atoms with Gasteiger partial charge in [0.05, 0.1) is 11.0 Å². The number of rotatable bonds is 11. The Morgan fingerprint density at radius 3 is 2.42 bits per heavy atom. The molecule has 0 aromatic carbocycles. The molecular weight excluding hydrogens is 294 g/mol. The van der Waals surface area contributed by atoms with Gasteiger partial charge in [-0.15, -0.1) is 0 Å². The summed E-state index contributed by atoms with van der Waals surface area (Å²) < 4.78 is 0. The second-order valence-corrected chi connectivity index (χ2v) is 6.77. The Hall–Kier alpha value is -1.77. The van der Waals surface area contributed by atoms with Crippen molar-refractivity contribution in [3.05, 3.63) is 34.5 Å². The Balaban J connectivity index is 1.64. The highest BCUT2D eigenvalue weighted by Crippen LogP contribution is 2.09. The number of allylic oxidation sites excluding steroid dienone is 1. The molecule has 1 aliphatic heterocycles. The molecule has 0 saturated heterocycles. The molecule has 2 heterocycles. The number of unbranched alkanes of at least 4 members (excludes halogenated alkanes) is 8. The van der Waals surface area contributed by atoms with Crippen molar-refractivity contribution < 1.29 is 0 Å². The zero-order valence-electron chi connectivity index (χ0n) is 15.4. The Bertz CT molecular complexity index is 649. The molecule has 0 saturated carbocycles. The summed E-state index contributed by atoms with van der Waals surface area (Å²) in [7, 11) is 0. The van der Waals surface area contributed by atoms with Crippen molar-refractivity contribution in [3.8, 4) is 0 Å². The highest BCUT2D eigenvalue weighted by Gasteiger charge is 2.01. The van der Waals surface area contributed by atoms with E-state index < -0.39 is 0 Å². The van der Waals surface area contributed by atoms with Crippen molar-refractivity contribution in [3.63, 3.8) is 0 Å². The topological polar surface area (TPSA) is 40.2 Å². The number of hydrogen-bond donors (Lipinski definition) is 2. The number of aliphatic imine (C=N–C) groups is 1. The Labute approximate surface area is 146 Å². The maximum atomic E-state index is 4.44. The van der Waals surface area contributed by atoms with E-state index in [-0.39, 0.29) is 0 Å². The molecule has 1 aromatic heterocycles. The molecule has 0 radical (unpaired) electrons. The molecule has 1 aromatic rings. The van der Waals surface area contributed by atoms with Gasteiger partial charge in [0, 0.05) is 30.4 Å². The zero-order chi connectivity index (χ0) is 17.0. The van der Waals surface area contributed by atoms with E-state index in [0.717, 1.165) is 17.6 Å². The molecule has 1 aliphatic rings. The van der Waals surface area contributed by atoms with E-state index in [0.29, 0.717) is 0 Å². The SMILES string of the molecule is CCCCCCCCCCCNC=c1cc[nH]c1=C1C=C(C)C=N1. The second kappa shape index (κ2) is 10.9. The monoisotopic (exact) mass is 327 g/mol. The molecule has 2 N–H and O–H groups in total.